The molecule has 2 atom stereocenters. The van der Waals surface area contributed by atoms with Gasteiger partial charge < -0.3 is 20.0 Å². The second kappa shape index (κ2) is 13.5. The smallest absolute Gasteiger partial charge is 0.253 e. The number of hydrogen-bond acceptors (Lipinski definition) is 8. The lowest BCUT2D eigenvalue weighted by molar-refractivity contribution is -0.130. The number of H-pyrrole nitrogens is 1. The maximum absolute atomic E-state index is 13.5. The van der Waals surface area contributed by atoms with Gasteiger partial charge in [0.2, 0.25) is 5.91 Å². The number of fused-ring (bicyclic) bond motifs is 2. The van der Waals surface area contributed by atoms with Crippen LogP contribution in [-0.4, -0.2) is 104 Å². The fourth-order valence-electron chi connectivity index (χ4n) is 8.33. The molecule has 0 bridgehead atoms. The molecule has 7 rings (SSSR count). The average Bonchev–Trinajstić information content (AvgIpc) is 3.95. The van der Waals surface area contributed by atoms with Crippen molar-refractivity contribution in [3.8, 4) is 6.07 Å². The number of likely N-dealkylation sites (tertiary alicyclic amines) is 3. The molecule has 2 aromatic carbocycles. The Morgan fingerprint density at radius 3 is 2.02 bits per heavy atom. The minimum atomic E-state index is -0.868. The molecule has 48 heavy (non-hydrogen) atoms. The summed E-state index contributed by atoms with van der Waals surface area (Å²) in [6, 6.07) is 13.7. The first kappa shape index (κ1) is 31.9. The molecule has 4 aliphatic rings. The normalized spacial score (nSPS) is 20.6. The minimum Gasteiger partial charge on any atom is -0.339 e. The molecular weight excluding hydrogens is 606 g/mol. The van der Waals surface area contributed by atoms with Gasteiger partial charge in [0.25, 0.3) is 11.8 Å². The van der Waals surface area contributed by atoms with Crippen LogP contribution in [0.1, 0.15) is 101 Å². The highest BCUT2D eigenvalue weighted by Crippen LogP contribution is 2.47. The zero-order chi connectivity index (χ0) is 33.3. The van der Waals surface area contributed by atoms with Crippen LogP contribution in [0.15, 0.2) is 36.4 Å². The number of aromatic nitrogens is 4. The number of hydrogen-bond donors (Lipinski definition) is 2. The number of nitriles is 1. The first-order valence-electron chi connectivity index (χ1n) is 17.4. The summed E-state index contributed by atoms with van der Waals surface area (Å²) in [5.74, 6) is 0.577. The van der Waals surface area contributed by atoms with Crippen LogP contribution in [0.4, 0.5) is 0 Å². The van der Waals surface area contributed by atoms with Gasteiger partial charge in [-0.1, -0.05) is 12.1 Å². The summed E-state index contributed by atoms with van der Waals surface area (Å²) in [6.45, 7) is 5.85. The zero-order valence-corrected chi connectivity index (χ0v) is 27.6. The monoisotopic (exact) mass is 649 g/mol. The second-order valence-corrected chi connectivity index (χ2v) is 13.8. The lowest BCUT2D eigenvalue weighted by atomic mass is 9.67. The van der Waals surface area contributed by atoms with Crippen LogP contribution in [0.25, 0.3) is 0 Å². The predicted octanol–water partition coefficient (Wildman–Crippen LogP) is 2.99. The summed E-state index contributed by atoms with van der Waals surface area (Å²) in [7, 11) is 0. The average molecular weight is 650 g/mol. The van der Waals surface area contributed by atoms with Crippen molar-refractivity contribution in [3.63, 3.8) is 0 Å². The molecule has 250 valence electrons. The van der Waals surface area contributed by atoms with Gasteiger partial charge >= 0.3 is 0 Å². The van der Waals surface area contributed by atoms with Crippen LogP contribution >= 0.6 is 0 Å². The Morgan fingerprint density at radius 1 is 0.917 bits per heavy atom. The van der Waals surface area contributed by atoms with E-state index < -0.39 is 5.41 Å². The van der Waals surface area contributed by atoms with E-state index in [4.69, 9.17) is 0 Å². The largest absolute Gasteiger partial charge is 0.339 e. The Morgan fingerprint density at radius 2 is 1.50 bits per heavy atom. The van der Waals surface area contributed by atoms with Crippen molar-refractivity contribution >= 4 is 17.7 Å². The summed E-state index contributed by atoms with van der Waals surface area (Å²) in [5, 5.41) is 28.6. The van der Waals surface area contributed by atoms with E-state index >= 15 is 0 Å². The van der Waals surface area contributed by atoms with Gasteiger partial charge in [0.05, 0.1) is 18.0 Å². The van der Waals surface area contributed by atoms with E-state index in [-0.39, 0.29) is 36.3 Å². The van der Waals surface area contributed by atoms with E-state index in [0.717, 1.165) is 80.5 Å². The van der Waals surface area contributed by atoms with E-state index in [0.29, 0.717) is 49.2 Å². The molecule has 1 aliphatic carbocycles. The Labute approximate surface area is 280 Å². The molecule has 1 aromatic heterocycles. The van der Waals surface area contributed by atoms with Crippen molar-refractivity contribution in [1.82, 2.24) is 40.6 Å². The fraction of sp³-hybridized carbons (Fsp3) is 0.528. The molecule has 0 saturated carbocycles. The van der Waals surface area contributed by atoms with Gasteiger partial charge in [0.15, 0.2) is 5.82 Å². The highest BCUT2D eigenvalue weighted by Gasteiger charge is 2.45. The number of benzene rings is 2. The maximum Gasteiger partial charge on any atom is 0.253 e. The van der Waals surface area contributed by atoms with Gasteiger partial charge in [-0.05, 0) is 122 Å². The van der Waals surface area contributed by atoms with E-state index in [9.17, 15) is 19.6 Å². The summed E-state index contributed by atoms with van der Waals surface area (Å²) in [5.41, 5.74) is 4.56. The van der Waals surface area contributed by atoms with E-state index in [2.05, 4.69) is 44.1 Å². The Bertz CT molecular complexity index is 1640. The standard InChI is InChI=1S/C36H43N9O3/c1-24(38-23-32(46)45-18-6-7-29(45)22-37)21-36(35-39-41-42-40-35)30-12-10-27(33(47)43-14-2-3-15-43)19-25(30)8-9-26-20-28(11-13-31(26)36)34(48)44-16-4-5-17-44/h10-13,19-20,24,29,38H,2-9,14-18,21,23H2,1H3,(H,39,40,41,42)/t24-,29+/m1/s1. The number of aryl methyl sites for hydroxylation is 2. The number of carbonyl (C=O) groups excluding carboxylic acids is 3. The van der Waals surface area contributed by atoms with Crippen molar-refractivity contribution in [3.05, 3.63) is 75.6 Å². The molecule has 0 unspecified atom stereocenters. The number of nitrogens with zero attached hydrogens (tertiary/aromatic N) is 7. The molecule has 3 fully saturated rings. The molecule has 3 saturated heterocycles. The van der Waals surface area contributed by atoms with Gasteiger partial charge in [-0.15, -0.1) is 5.10 Å². The van der Waals surface area contributed by atoms with Gasteiger partial charge in [-0.25, -0.2) is 5.10 Å². The number of nitrogens with one attached hydrogen (secondary N) is 2. The molecule has 3 aliphatic heterocycles. The van der Waals surface area contributed by atoms with Gasteiger partial charge in [-0.3, -0.25) is 14.4 Å². The topological polar surface area (TPSA) is 151 Å². The molecule has 12 nitrogen and oxygen atoms in total. The van der Waals surface area contributed by atoms with Crippen molar-refractivity contribution in [2.24, 2.45) is 0 Å². The molecular formula is C36H43N9O3. The molecule has 3 amide bonds. The molecule has 3 aromatic rings. The van der Waals surface area contributed by atoms with Crippen LogP contribution in [-0.2, 0) is 23.1 Å². The van der Waals surface area contributed by atoms with Crippen molar-refractivity contribution < 1.29 is 14.4 Å². The quantitative estimate of drug-likeness (QED) is 0.378. The molecule has 2 N–H and O–H groups in total. The van der Waals surface area contributed by atoms with Gasteiger partial charge in [0, 0.05) is 49.9 Å². The zero-order valence-electron chi connectivity index (χ0n) is 27.6. The lowest BCUT2D eigenvalue weighted by Gasteiger charge is -2.37. The Hall–Kier alpha value is -4.63. The number of tetrazole rings is 1. The van der Waals surface area contributed by atoms with E-state index in [1.807, 2.05) is 41.0 Å². The minimum absolute atomic E-state index is 0.0497. The first-order valence-corrected chi connectivity index (χ1v) is 17.4. The Kier molecular flexibility index (Phi) is 8.96. The van der Waals surface area contributed by atoms with Crippen molar-refractivity contribution in [1.29, 1.82) is 5.26 Å². The second-order valence-electron chi connectivity index (χ2n) is 13.8. The van der Waals surface area contributed by atoms with E-state index in [1.54, 1.807) is 4.90 Å². The van der Waals surface area contributed by atoms with Crippen LogP contribution in [0.2, 0.25) is 0 Å². The highest BCUT2D eigenvalue weighted by molar-refractivity contribution is 5.95. The third-order valence-electron chi connectivity index (χ3n) is 10.8. The van der Waals surface area contributed by atoms with Crippen LogP contribution in [0.5, 0.6) is 0 Å². The summed E-state index contributed by atoms with van der Waals surface area (Å²) < 4.78 is 0. The third-order valence-corrected chi connectivity index (χ3v) is 10.8. The number of rotatable bonds is 8. The lowest BCUT2D eigenvalue weighted by Crippen LogP contribution is -2.45. The molecule has 0 spiro atoms. The number of carbonyl (C=O) groups is 3. The van der Waals surface area contributed by atoms with Crippen LogP contribution in [0, 0.1) is 11.3 Å². The van der Waals surface area contributed by atoms with Gasteiger partial charge in [0.1, 0.15) is 6.04 Å². The van der Waals surface area contributed by atoms with Crippen LogP contribution in [0.3, 0.4) is 0 Å². The molecule has 0 radical (unpaired) electrons. The fourth-order valence-corrected chi connectivity index (χ4v) is 8.33. The van der Waals surface area contributed by atoms with Crippen molar-refractivity contribution in [2.45, 2.75) is 82.2 Å². The summed E-state index contributed by atoms with van der Waals surface area (Å²) >= 11 is 0. The molecule has 4 heterocycles. The van der Waals surface area contributed by atoms with Crippen LogP contribution < -0.4 is 5.32 Å². The third kappa shape index (κ3) is 5.85. The Balaban J connectivity index is 1.29. The number of aromatic amines is 1. The van der Waals surface area contributed by atoms with E-state index in [1.165, 1.54) is 0 Å². The summed E-state index contributed by atoms with van der Waals surface area (Å²) in [4.78, 5) is 45.8. The molecule has 12 heteroatoms. The maximum atomic E-state index is 13.5. The first-order chi connectivity index (χ1) is 23.4. The predicted molar refractivity (Wildman–Crippen MR) is 177 cm³/mol. The summed E-state index contributed by atoms with van der Waals surface area (Å²) in [6.07, 6.45) is 7.48. The van der Waals surface area contributed by atoms with Crippen molar-refractivity contribution in [2.75, 3.05) is 39.3 Å². The highest BCUT2D eigenvalue weighted by atomic mass is 16.2. The van der Waals surface area contributed by atoms with Gasteiger partial charge in [-0.2, -0.15) is 5.26 Å². The SMILES string of the molecule is C[C@H](CC1(c2nnn[nH]2)c2ccc(C(=O)N3CCCC3)cc2CCc2cc(C(=O)N3CCCC3)ccc21)NCC(=O)N1CCC[C@H]1C#N. The number of amides is 3.